The van der Waals surface area contributed by atoms with E-state index in [9.17, 15) is 9.18 Å². The van der Waals surface area contributed by atoms with Gasteiger partial charge in [-0.25, -0.2) is 9.37 Å². The number of carbonyl (C=O) groups excluding carboxylic acids is 1. The fraction of sp³-hybridized carbons (Fsp3) is 0.304. The first-order chi connectivity index (χ1) is 14.1. The molecule has 0 bridgehead atoms. The second-order valence-electron chi connectivity index (χ2n) is 7.93. The first-order valence-corrected chi connectivity index (χ1v) is 9.97. The maximum Gasteiger partial charge on any atom is 0.254 e. The summed E-state index contributed by atoms with van der Waals surface area (Å²) < 4.78 is 19.9. The van der Waals surface area contributed by atoms with Crippen molar-refractivity contribution in [2.45, 2.75) is 18.9 Å². The minimum absolute atomic E-state index is 0. The summed E-state index contributed by atoms with van der Waals surface area (Å²) in [6.45, 7) is 1.45. The molecule has 0 spiro atoms. The summed E-state index contributed by atoms with van der Waals surface area (Å²) in [5, 5.41) is 0. The third-order valence-corrected chi connectivity index (χ3v) is 6.23. The number of amides is 1. The van der Waals surface area contributed by atoms with Crippen molar-refractivity contribution in [3.63, 3.8) is 0 Å². The second kappa shape index (κ2) is 8.20. The smallest absolute Gasteiger partial charge is 0.254 e. The molecule has 5 rings (SSSR count). The van der Waals surface area contributed by atoms with Gasteiger partial charge in [-0.05, 0) is 48.9 Å². The van der Waals surface area contributed by atoms with E-state index in [-0.39, 0.29) is 30.2 Å². The van der Waals surface area contributed by atoms with Crippen LogP contribution in [0.15, 0.2) is 59.1 Å². The number of rotatable bonds is 3. The van der Waals surface area contributed by atoms with E-state index in [4.69, 9.17) is 10.2 Å². The van der Waals surface area contributed by atoms with Crippen molar-refractivity contribution in [2.75, 3.05) is 13.1 Å². The molecule has 30 heavy (non-hydrogen) atoms. The Labute approximate surface area is 180 Å². The number of nitrogens with two attached hydrogens (primary N) is 1. The van der Waals surface area contributed by atoms with Crippen molar-refractivity contribution in [1.82, 2.24) is 9.88 Å². The maximum atomic E-state index is 14.1. The van der Waals surface area contributed by atoms with Gasteiger partial charge in [0, 0.05) is 24.7 Å². The minimum atomic E-state index is -0.375. The van der Waals surface area contributed by atoms with Gasteiger partial charge in [-0.1, -0.05) is 24.3 Å². The van der Waals surface area contributed by atoms with Gasteiger partial charge in [0.2, 0.25) is 5.89 Å². The number of carbonyl (C=O) groups is 1. The average molecular weight is 428 g/mol. The Morgan fingerprint density at radius 1 is 1.07 bits per heavy atom. The molecule has 3 unspecified atom stereocenters. The SMILES string of the molecule is Cl.NC1CCC2CN(C(=O)c3ccccc3-c3ncc(-c4ccccc4F)o3)CC12. The molecule has 2 fully saturated rings. The number of halogens is 2. The quantitative estimate of drug-likeness (QED) is 0.673. The van der Waals surface area contributed by atoms with Gasteiger partial charge < -0.3 is 15.1 Å². The molecule has 1 aliphatic heterocycles. The van der Waals surface area contributed by atoms with Crippen LogP contribution in [0.1, 0.15) is 23.2 Å². The zero-order valence-electron chi connectivity index (χ0n) is 16.3. The molecule has 3 aromatic rings. The average Bonchev–Trinajstić information content (AvgIpc) is 3.46. The van der Waals surface area contributed by atoms with Gasteiger partial charge in [-0.15, -0.1) is 12.4 Å². The van der Waals surface area contributed by atoms with Crippen molar-refractivity contribution in [2.24, 2.45) is 17.6 Å². The van der Waals surface area contributed by atoms with Gasteiger partial charge in [0.05, 0.1) is 17.3 Å². The normalized spacial score (nSPS) is 22.6. The van der Waals surface area contributed by atoms with Crippen molar-refractivity contribution in [1.29, 1.82) is 0 Å². The van der Waals surface area contributed by atoms with Crippen LogP contribution < -0.4 is 5.73 Å². The second-order valence-corrected chi connectivity index (χ2v) is 7.93. The van der Waals surface area contributed by atoms with Crippen molar-refractivity contribution in [3.05, 3.63) is 66.1 Å². The number of hydrogen-bond donors (Lipinski definition) is 1. The fourth-order valence-electron chi connectivity index (χ4n) is 4.68. The summed E-state index contributed by atoms with van der Waals surface area (Å²) in [4.78, 5) is 19.5. The van der Waals surface area contributed by atoms with Gasteiger partial charge >= 0.3 is 0 Å². The molecule has 2 aromatic carbocycles. The molecule has 2 N–H and O–H groups in total. The molecule has 1 saturated heterocycles. The standard InChI is InChI=1S/C23H22FN3O2.ClH/c24-19-8-4-3-7-17(19)21-11-26-22(29-21)15-5-1-2-6-16(15)23(28)27-12-14-9-10-20(25)18(14)13-27;/h1-8,11,14,18,20H,9-10,12-13,25H2;1H. The largest absolute Gasteiger partial charge is 0.436 e. The van der Waals surface area contributed by atoms with E-state index in [1.807, 2.05) is 23.1 Å². The summed E-state index contributed by atoms with van der Waals surface area (Å²) in [5.74, 6) is 1.12. The predicted octanol–water partition coefficient (Wildman–Crippen LogP) is 4.38. The molecule has 0 radical (unpaired) electrons. The Morgan fingerprint density at radius 2 is 1.80 bits per heavy atom. The Bertz CT molecular complexity index is 1070. The lowest BCUT2D eigenvalue weighted by Gasteiger charge is -2.19. The zero-order chi connectivity index (χ0) is 20.0. The Morgan fingerprint density at radius 3 is 2.57 bits per heavy atom. The number of benzene rings is 2. The summed E-state index contributed by atoms with van der Waals surface area (Å²) in [6, 6.07) is 13.9. The molecule has 5 nitrogen and oxygen atoms in total. The molecule has 1 amide bonds. The molecule has 7 heteroatoms. The van der Waals surface area contributed by atoms with E-state index < -0.39 is 0 Å². The Kier molecular flexibility index (Phi) is 5.62. The summed E-state index contributed by atoms with van der Waals surface area (Å²) >= 11 is 0. The zero-order valence-corrected chi connectivity index (χ0v) is 17.1. The number of aromatic nitrogens is 1. The topological polar surface area (TPSA) is 72.4 Å². The molecule has 156 valence electrons. The van der Waals surface area contributed by atoms with Crippen LogP contribution in [0, 0.1) is 17.7 Å². The van der Waals surface area contributed by atoms with Crippen molar-refractivity contribution >= 4 is 18.3 Å². The number of oxazole rings is 1. The van der Waals surface area contributed by atoms with E-state index in [1.165, 1.54) is 12.3 Å². The van der Waals surface area contributed by atoms with Crippen molar-refractivity contribution in [3.8, 4) is 22.8 Å². The molecule has 2 heterocycles. The van der Waals surface area contributed by atoms with Crippen molar-refractivity contribution < 1.29 is 13.6 Å². The molecular formula is C23H23ClFN3O2. The van der Waals surface area contributed by atoms with Crippen LogP contribution in [0.5, 0.6) is 0 Å². The van der Waals surface area contributed by atoms with Gasteiger partial charge in [-0.3, -0.25) is 4.79 Å². The Hall–Kier alpha value is -2.70. The molecule has 1 aromatic heterocycles. The first-order valence-electron chi connectivity index (χ1n) is 9.97. The maximum absolute atomic E-state index is 14.1. The molecular weight excluding hydrogens is 405 g/mol. The van der Waals surface area contributed by atoms with E-state index in [1.54, 1.807) is 24.3 Å². The van der Waals surface area contributed by atoms with E-state index >= 15 is 0 Å². The van der Waals surface area contributed by atoms with Gasteiger partial charge in [0.15, 0.2) is 5.76 Å². The Balaban J connectivity index is 0.00000218. The van der Waals surface area contributed by atoms with Crippen LogP contribution in [0.3, 0.4) is 0 Å². The fourth-order valence-corrected chi connectivity index (χ4v) is 4.68. The van der Waals surface area contributed by atoms with Crippen LogP contribution in [-0.4, -0.2) is 34.9 Å². The number of hydrogen-bond acceptors (Lipinski definition) is 4. The van der Waals surface area contributed by atoms with Crippen LogP contribution in [0.4, 0.5) is 4.39 Å². The number of nitrogens with zero attached hydrogens (tertiary/aromatic N) is 2. The predicted molar refractivity (Wildman–Crippen MR) is 115 cm³/mol. The van der Waals surface area contributed by atoms with Crippen LogP contribution in [0.2, 0.25) is 0 Å². The lowest BCUT2D eigenvalue weighted by Crippen LogP contribution is -2.33. The third-order valence-electron chi connectivity index (χ3n) is 6.23. The third kappa shape index (κ3) is 3.50. The summed E-state index contributed by atoms with van der Waals surface area (Å²) in [6.07, 6.45) is 3.63. The van der Waals surface area contributed by atoms with E-state index in [0.717, 1.165) is 19.4 Å². The highest BCUT2D eigenvalue weighted by Crippen LogP contribution is 2.38. The summed E-state index contributed by atoms with van der Waals surface area (Å²) in [5.41, 5.74) is 7.72. The highest BCUT2D eigenvalue weighted by Gasteiger charge is 2.42. The summed E-state index contributed by atoms with van der Waals surface area (Å²) in [7, 11) is 0. The molecule has 2 aliphatic rings. The first kappa shape index (κ1) is 20.6. The van der Waals surface area contributed by atoms with Gasteiger partial charge in [0.1, 0.15) is 5.82 Å². The van der Waals surface area contributed by atoms with Gasteiger partial charge in [0.25, 0.3) is 5.91 Å². The van der Waals surface area contributed by atoms with Crippen LogP contribution in [0.25, 0.3) is 22.8 Å². The molecule has 1 aliphatic carbocycles. The van der Waals surface area contributed by atoms with Crippen LogP contribution >= 0.6 is 12.4 Å². The highest BCUT2D eigenvalue weighted by molar-refractivity contribution is 6.00. The van der Waals surface area contributed by atoms with E-state index in [0.29, 0.717) is 46.7 Å². The lowest BCUT2D eigenvalue weighted by molar-refractivity contribution is 0.0780. The molecule has 1 saturated carbocycles. The number of likely N-dealkylation sites (tertiary alicyclic amines) is 1. The minimum Gasteiger partial charge on any atom is -0.436 e. The molecule has 3 atom stereocenters. The number of fused-ring (bicyclic) bond motifs is 1. The monoisotopic (exact) mass is 427 g/mol. The lowest BCUT2D eigenvalue weighted by atomic mass is 9.98. The van der Waals surface area contributed by atoms with Crippen LogP contribution in [-0.2, 0) is 0 Å². The van der Waals surface area contributed by atoms with Gasteiger partial charge in [-0.2, -0.15) is 0 Å². The highest BCUT2D eigenvalue weighted by atomic mass is 35.5. The van der Waals surface area contributed by atoms with E-state index in [2.05, 4.69) is 4.98 Å².